The molecule has 1 amide bonds. The molecule has 0 saturated carbocycles. The standard InChI is InChI=1S/C12H24N2O2S/c1-9(17(4)16)8-14-11(15)10-12(2,3)6-5-7-13-10/h9-10,13H,5-8H2,1-4H3,(H,14,15). The number of carbonyl (C=O) groups is 1. The molecule has 3 atom stereocenters. The fraction of sp³-hybridized carbons (Fsp3) is 0.917. The molecule has 100 valence electrons. The summed E-state index contributed by atoms with van der Waals surface area (Å²) >= 11 is 0. The number of hydrogen-bond donors (Lipinski definition) is 2. The molecule has 5 heteroatoms. The van der Waals surface area contributed by atoms with Crippen molar-refractivity contribution in [1.82, 2.24) is 10.6 Å². The monoisotopic (exact) mass is 260 g/mol. The topological polar surface area (TPSA) is 58.2 Å². The summed E-state index contributed by atoms with van der Waals surface area (Å²) in [5, 5.41) is 6.17. The molecule has 0 radical (unpaired) electrons. The van der Waals surface area contributed by atoms with Crippen molar-refractivity contribution >= 4 is 16.7 Å². The predicted octanol–water partition coefficient (Wildman–Crippen LogP) is 0.648. The van der Waals surface area contributed by atoms with Crippen molar-refractivity contribution < 1.29 is 9.00 Å². The molecule has 1 aliphatic rings. The molecular weight excluding hydrogens is 236 g/mol. The molecule has 1 aliphatic heterocycles. The molecule has 1 rings (SSSR count). The van der Waals surface area contributed by atoms with Crippen LogP contribution in [0.4, 0.5) is 0 Å². The fourth-order valence-electron chi connectivity index (χ4n) is 2.12. The van der Waals surface area contributed by atoms with Gasteiger partial charge in [-0.3, -0.25) is 9.00 Å². The Kier molecular flexibility index (Phi) is 5.13. The van der Waals surface area contributed by atoms with Crippen LogP contribution in [0.2, 0.25) is 0 Å². The number of piperidine rings is 1. The molecule has 0 aromatic heterocycles. The Morgan fingerprint density at radius 2 is 2.24 bits per heavy atom. The minimum atomic E-state index is -0.886. The van der Waals surface area contributed by atoms with Crippen molar-refractivity contribution in [3.63, 3.8) is 0 Å². The van der Waals surface area contributed by atoms with Crippen LogP contribution in [0.15, 0.2) is 0 Å². The Labute approximate surface area is 106 Å². The average Bonchev–Trinajstić information content (AvgIpc) is 2.24. The second-order valence-corrected chi connectivity index (χ2v) is 7.34. The van der Waals surface area contributed by atoms with Crippen LogP contribution in [0.1, 0.15) is 33.6 Å². The summed E-state index contributed by atoms with van der Waals surface area (Å²) in [6.07, 6.45) is 3.85. The van der Waals surface area contributed by atoms with Crippen molar-refractivity contribution in [3.8, 4) is 0 Å². The first-order valence-electron chi connectivity index (χ1n) is 6.18. The highest BCUT2D eigenvalue weighted by Crippen LogP contribution is 2.29. The zero-order valence-electron chi connectivity index (χ0n) is 11.2. The van der Waals surface area contributed by atoms with Crippen molar-refractivity contribution in [3.05, 3.63) is 0 Å². The maximum absolute atomic E-state index is 12.1. The Balaban J connectivity index is 2.49. The van der Waals surface area contributed by atoms with Crippen LogP contribution < -0.4 is 10.6 Å². The molecule has 0 aromatic rings. The molecule has 17 heavy (non-hydrogen) atoms. The van der Waals surface area contributed by atoms with Gasteiger partial charge in [0.1, 0.15) is 0 Å². The highest BCUT2D eigenvalue weighted by Gasteiger charge is 2.36. The molecule has 1 saturated heterocycles. The van der Waals surface area contributed by atoms with E-state index < -0.39 is 10.8 Å². The third kappa shape index (κ3) is 4.07. The second-order valence-electron chi connectivity index (χ2n) is 5.53. The van der Waals surface area contributed by atoms with Crippen LogP contribution in [0.25, 0.3) is 0 Å². The summed E-state index contributed by atoms with van der Waals surface area (Å²) in [4.78, 5) is 12.1. The van der Waals surface area contributed by atoms with Crippen molar-refractivity contribution in [2.24, 2.45) is 5.41 Å². The third-order valence-electron chi connectivity index (χ3n) is 3.52. The Morgan fingerprint density at radius 1 is 1.59 bits per heavy atom. The van der Waals surface area contributed by atoms with Gasteiger partial charge in [0.05, 0.1) is 6.04 Å². The maximum atomic E-state index is 12.1. The van der Waals surface area contributed by atoms with Crippen LogP contribution in [0.5, 0.6) is 0 Å². The fourth-order valence-corrected chi connectivity index (χ4v) is 2.44. The Bertz CT molecular complexity index is 305. The van der Waals surface area contributed by atoms with Gasteiger partial charge in [-0.25, -0.2) is 0 Å². The van der Waals surface area contributed by atoms with Gasteiger partial charge in [0.25, 0.3) is 0 Å². The van der Waals surface area contributed by atoms with Gasteiger partial charge in [0.2, 0.25) is 5.91 Å². The summed E-state index contributed by atoms with van der Waals surface area (Å²) in [5.74, 6) is 0.0343. The SMILES string of the molecule is CC(CNC(=O)C1NCCCC1(C)C)S(C)=O. The van der Waals surface area contributed by atoms with Gasteiger partial charge in [-0.15, -0.1) is 0 Å². The van der Waals surface area contributed by atoms with E-state index in [0.29, 0.717) is 6.54 Å². The number of rotatable bonds is 4. The summed E-state index contributed by atoms with van der Waals surface area (Å²) in [5.41, 5.74) is -0.00304. The number of nitrogens with one attached hydrogen (secondary N) is 2. The minimum absolute atomic E-state index is 0.00304. The smallest absolute Gasteiger partial charge is 0.237 e. The van der Waals surface area contributed by atoms with Crippen LogP contribution in [-0.4, -0.2) is 40.8 Å². The van der Waals surface area contributed by atoms with E-state index >= 15 is 0 Å². The number of amides is 1. The van der Waals surface area contributed by atoms with Crippen molar-refractivity contribution in [2.75, 3.05) is 19.3 Å². The Hall–Kier alpha value is -0.420. The zero-order valence-corrected chi connectivity index (χ0v) is 12.0. The lowest BCUT2D eigenvalue weighted by atomic mass is 9.77. The summed E-state index contributed by atoms with van der Waals surface area (Å²) < 4.78 is 11.2. The molecule has 1 heterocycles. The van der Waals surface area contributed by atoms with E-state index in [0.717, 1.165) is 19.4 Å². The minimum Gasteiger partial charge on any atom is -0.354 e. The third-order valence-corrected chi connectivity index (χ3v) is 4.82. The maximum Gasteiger partial charge on any atom is 0.237 e. The molecule has 0 spiro atoms. The van der Waals surface area contributed by atoms with Gasteiger partial charge in [-0.05, 0) is 31.7 Å². The second kappa shape index (κ2) is 5.96. The molecule has 3 unspecified atom stereocenters. The molecule has 2 N–H and O–H groups in total. The van der Waals surface area contributed by atoms with Gasteiger partial charge in [-0.2, -0.15) is 0 Å². The Morgan fingerprint density at radius 3 is 2.76 bits per heavy atom. The van der Waals surface area contributed by atoms with Crippen LogP contribution in [0.3, 0.4) is 0 Å². The molecule has 0 aromatic carbocycles. The van der Waals surface area contributed by atoms with E-state index in [4.69, 9.17) is 0 Å². The van der Waals surface area contributed by atoms with Gasteiger partial charge in [0, 0.05) is 28.9 Å². The van der Waals surface area contributed by atoms with Gasteiger partial charge < -0.3 is 10.6 Å². The van der Waals surface area contributed by atoms with Crippen molar-refractivity contribution in [2.45, 2.75) is 44.9 Å². The normalized spacial score (nSPS) is 27.2. The summed E-state index contributed by atoms with van der Waals surface area (Å²) in [6, 6.07) is -0.131. The first-order valence-corrected chi connectivity index (χ1v) is 7.80. The van der Waals surface area contributed by atoms with Crippen LogP contribution >= 0.6 is 0 Å². The van der Waals surface area contributed by atoms with E-state index in [1.54, 1.807) is 6.26 Å². The number of hydrogen-bond acceptors (Lipinski definition) is 3. The molecule has 0 aliphatic carbocycles. The van der Waals surface area contributed by atoms with Gasteiger partial charge in [0.15, 0.2) is 0 Å². The van der Waals surface area contributed by atoms with E-state index in [1.807, 2.05) is 6.92 Å². The highest BCUT2D eigenvalue weighted by atomic mass is 32.2. The molecular formula is C12H24N2O2S. The lowest BCUT2D eigenvalue weighted by Crippen LogP contribution is -2.56. The molecule has 0 bridgehead atoms. The first kappa shape index (κ1) is 14.6. The molecule has 1 fully saturated rings. The van der Waals surface area contributed by atoms with E-state index in [1.165, 1.54) is 0 Å². The highest BCUT2D eigenvalue weighted by molar-refractivity contribution is 7.84. The van der Waals surface area contributed by atoms with E-state index in [9.17, 15) is 9.00 Å². The molecule has 4 nitrogen and oxygen atoms in total. The van der Waals surface area contributed by atoms with Crippen molar-refractivity contribution in [1.29, 1.82) is 0 Å². The largest absolute Gasteiger partial charge is 0.354 e. The lowest BCUT2D eigenvalue weighted by molar-refractivity contribution is -0.126. The number of carbonyl (C=O) groups excluding carboxylic acids is 1. The van der Waals surface area contributed by atoms with Crippen LogP contribution in [-0.2, 0) is 15.6 Å². The average molecular weight is 260 g/mol. The van der Waals surface area contributed by atoms with Crippen LogP contribution in [0, 0.1) is 5.41 Å². The zero-order chi connectivity index (χ0) is 13.1. The lowest BCUT2D eigenvalue weighted by Gasteiger charge is -2.38. The van der Waals surface area contributed by atoms with E-state index in [-0.39, 0.29) is 22.6 Å². The van der Waals surface area contributed by atoms with E-state index in [2.05, 4.69) is 24.5 Å². The quantitative estimate of drug-likeness (QED) is 0.780. The predicted molar refractivity (Wildman–Crippen MR) is 71.3 cm³/mol. The summed E-state index contributed by atoms with van der Waals surface area (Å²) in [7, 11) is -0.886. The first-order chi connectivity index (χ1) is 7.84. The summed E-state index contributed by atoms with van der Waals surface area (Å²) in [6.45, 7) is 7.50. The van der Waals surface area contributed by atoms with Gasteiger partial charge in [-0.1, -0.05) is 13.8 Å². The van der Waals surface area contributed by atoms with Gasteiger partial charge >= 0.3 is 0 Å².